The van der Waals surface area contributed by atoms with E-state index >= 15 is 0 Å². The Morgan fingerprint density at radius 1 is 1.21 bits per heavy atom. The van der Waals surface area contributed by atoms with Gasteiger partial charge in [0.2, 0.25) is 11.6 Å². The molecule has 0 unspecified atom stereocenters. The van der Waals surface area contributed by atoms with Crippen LogP contribution >= 0.6 is 12.2 Å². The van der Waals surface area contributed by atoms with Crippen molar-refractivity contribution in [1.29, 1.82) is 0 Å². The standard InChI is InChI=1S/C12H12N4O2S/c1-2-7-3-5-8(6-4-7)15-16-9-10(17)13-12(19)14-11(9)18/h3-6H,2H2,1H3,(H3,13,14,17,18,19). The highest BCUT2D eigenvalue weighted by Gasteiger charge is 2.05. The molecule has 1 aromatic heterocycles. The number of hydrogen-bond acceptors (Lipinski definition) is 5. The van der Waals surface area contributed by atoms with E-state index in [-0.39, 0.29) is 10.5 Å². The van der Waals surface area contributed by atoms with E-state index in [2.05, 4.69) is 27.1 Å². The average Bonchev–Trinajstić information content (AvgIpc) is 2.38. The number of aromatic amines is 2. The highest BCUT2D eigenvalue weighted by atomic mass is 32.1. The summed E-state index contributed by atoms with van der Waals surface area (Å²) in [5.41, 5.74) is 0.991. The number of rotatable bonds is 3. The highest BCUT2D eigenvalue weighted by molar-refractivity contribution is 7.71. The second-order valence-electron chi connectivity index (χ2n) is 3.83. The smallest absolute Gasteiger partial charge is 0.283 e. The van der Waals surface area contributed by atoms with Gasteiger partial charge in [-0.3, -0.25) is 9.78 Å². The van der Waals surface area contributed by atoms with Crippen LogP contribution in [0.3, 0.4) is 0 Å². The fourth-order valence-electron chi connectivity index (χ4n) is 1.47. The summed E-state index contributed by atoms with van der Waals surface area (Å²) in [5.74, 6) is -0.400. The van der Waals surface area contributed by atoms with Crippen LogP contribution in [0.1, 0.15) is 12.5 Å². The Hall–Kier alpha value is -2.28. The maximum atomic E-state index is 11.5. The minimum atomic E-state index is -0.588. The lowest BCUT2D eigenvalue weighted by Crippen LogP contribution is -2.06. The highest BCUT2D eigenvalue weighted by Crippen LogP contribution is 2.21. The maximum Gasteiger partial charge on any atom is 0.283 e. The number of nitrogens with one attached hydrogen (secondary N) is 2. The first-order valence-electron chi connectivity index (χ1n) is 5.66. The Morgan fingerprint density at radius 2 is 1.89 bits per heavy atom. The van der Waals surface area contributed by atoms with Crippen LogP contribution < -0.4 is 5.56 Å². The zero-order chi connectivity index (χ0) is 13.8. The molecule has 1 heterocycles. The van der Waals surface area contributed by atoms with Gasteiger partial charge >= 0.3 is 0 Å². The van der Waals surface area contributed by atoms with Crippen molar-refractivity contribution in [2.24, 2.45) is 10.2 Å². The summed E-state index contributed by atoms with van der Waals surface area (Å²) in [7, 11) is 0. The van der Waals surface area contributed by atoms with Gasteiger partial charge in [0.25, 0.3) is 5.56 Å². The molecule has 0 bridgehead atoms. The van der Waals surface area contributed by atoms with Gasteiger partial charge in [-0.05, 0) is 36.3 Å². The lowest BCUT2D eigenvalue weighted by molar-refractivity contribution is 0.451. The number of azo groups is 1. The molecule has 0 spiro atoms. The molecule has 19 heavy (non-hydrogen) atoms. The van der Waals surface area contributed by atoms with E-state index in [4.69, 9.17) is 12.2 Å². The maximum absolute atomic E-state index is 11.5. The second-order valence-corrected chi connectivity index (χ2v) is 4.23. The third-order valence-electron chi connectivity index (χ3n) is 2.51. The summed E-state index contributed by atoms with van der Waals surface area (Å²) < 4.78 is 0.0359. The predicted octanol–water partition coefficient (Wildman–Crippen LogP) is 3.12. The van der Waals surface area contributed by atoms with Crippen LogP contribution in [-0.2, 0) is 6.42 Å². The largest absolute Gasteiger partial charge is 0.493 e. The van der Waals surface area contributed by atoms with Crippen molar-refractivity contribution in [2.75, 3.05) is 0 Å². The Morgan fingerprint density at radius 3 is 2.47 bits per heavy atom. The first kappa shape index (κ1) is 13.2. The number of benzene rings is 1. The van der Waals surface area contributed by atoms with Crippen molar-refractivity contribution in [2.45, 2.75) is 13.3 Å². The first-order valence-corrected chi connectivity index (χ1v) is 6.07. The second kappa shape index (κ2) is 5.57. The molecule has 0 saturated heterocycles. The molecule has 1 aromatic carbocycles. The van der Waals surface area contributed by atoms with Crippen LogP contribution in [-0.4, -0.2) is 15.1 Å². The monoisotopic (exact) mass is 276 g/mol. The van der Waals surface area contributed by atoms with Gasteiger partial charge < -0.3 is 10.1 Å². The zero-order valence-corrected chi connectivity index (χ0v) is 11.0. The van der Waals surface area contributed by atoms with E-state index in [9.17, 15) is 9.90 Å². The van der Waals surface area contributed by atoms with Gasteiger partial charge in [0.15, 0.2) is 4.77 Å². The van der Waals surface area contributed by atoms with Gasteiger partial charge in [-0.15, -0.1) is 5.11 Å². The van der Waals surface area contributed by atoms with Gasteiger partial charge in [-0.2, -0.15) is 5.11 Å². The molecule has 2 rings (SSSR count). The van der Waals surface area contributed by atoms with Crippen molar-refractivity contribution in [3.05, 3.63) is 45.0 Å². The van der Waals surface area contributed by atoms with E-state index in [1.54, 1.807) is 12.1 Å². The van der Waals surface area contributed by atoms with Crippen molar-refractivity contribution < 1.29 is 5.11 Å². The van der Waals surface area contributed by atoms with Crippen molar-refractivity contribution >= 4 is 23.6 Å². The summed E-state index contributed by atoms with van der Waals surface area (Å²) in [6.07, 6.45) is 0.938. The van der Waals surface area contributed by atoms with E-state index in [1.165, 1.54) is 5.56 Å². The summed E-state index contributed by atoms with van der Waals surface area (Å²) in [6, 6.07) is 7.44. The molecule has 0 saturated carbocycles. The van der Waals surface area contributed by atoms with Crippen molar-refractivity contribution in [3.63, 3.8) is 0 Å². The van der Waals surface area contributed by atoms with E-state index in [0.29, 0.717) is 5.69 Å². The number of H-pyrrole nitrogens is 2. The van der Waals surface area contributed by atoms with Crippen molar-refractivity contribution in [3.8, 4) is 5.88 Å². The Kier molecular flexibility index (Phi) is 3.86. The summed E-state index contributed by atoms with van der Waals surface area (Å²) >= 11 is 4.71. The molecule has 0 aliphatic heterocycles. The fraction of sp³-hybridized carbons (Fsp3) is 0.167. The van der Waals surface area contributed by atoms with Gasteiger partial charge in [0, 0.05) is 0 Å². The Bertz CT molecular complexity index is 716. The van der Waals surface area contributed by atoms with Gasteiger partial charge in [0.05, 0.1) is 5.69 Å². The van der Waals surface area contributed by atoms with Crippen LogP contribution in [0.15, 0.2) is 39.3 Å². The summed E-state index contributed by atoms with van der Waals surface area (Å²) in [6.45, 7) is 2.06. The molecule has 98 valence electrons. The lowest BCUT2D eigenvalue weighted by Gasteiger charge is -1.97. The lowest BCUT2D eigenvalue weighted by atomic mass is 10.2. The third-order valence-corrected chi connectivity index (χ3v) is 2.71. The molecule has 0 amide bonds. The number of nitrogens with zero attached hydrogens (tertiary/aromatic N) is 2. The molecule has 2 aromatic rings. The predicted molar refractivity (Wildman–Crippen MR) is 73.9 cm³/mol. The third kappa shape index (κ3) is 3.14. The quantitative estimate of drug-likeness (QED) is 0.594. The zero-order valence-electron chi connectivity index (χ0n) is 10.2. The molecule has 6 nitrogen and oxygen atoms in total. The minimum Gasteiger partial charge on any atom is -0.493 e. The van der Waals surface area contributed by atoms with Crippen LogP contribution in [0.25, 0.3) is 0 Å². The fourth-order valence-corrected chi connectivity index (χ4v) is 1.66. The molecule has 7 heteroatoms. The average molecular weight is 276 g/mol. The van der Waals surface area contributed by atoms with Crippen LogP contribution in [0.2, 0.25) is 0 Å². The van der Waals surface area contributed by atoms with Gasteiger partial charge in [-0.1, -0.05) is 19.1 Å². The normalized spacial score (nSPS) is 11.0. The number of aryl methyl sites for hydroxylation is 1. The SMILES string of the molecule is CCc1ccc(N=Nc2c(O)[nH]c(=S)[nH]c2=O)cc1. The van der Waals surface area contributed by atoms with E-state index in [0.717, 1.165) is 6.42 Å². The Balaban J connectivity index is 2.32. The molecular weight excluding hydrogens is 264 g/mol. The minimum absolute atomic E-state index is 0.0359. The number of aromatic nitrogens is 2. The molecule has 0 radical (unpaired) electrons. The molecule has 0 atom stereocenters. The molecule has 0 aliphatic rings. The number of aromatic hydroxyl groups is 1. The van der Waals surface area contributed by atoms with Crippen LogP contribution in [0.4, 0.5) is 11.4 Å². The summed E-state index contributed by atoms with van der Waals surface area (Å²) in [5, 5.41) is 17.2. The van der Waals surface area contributed by atoms with E-state index in [1.807, 2.05) is 12.1 Å². The molecule has 3 N–H and O–H groups in total. The van der Waals surface area contributed by atoms with E-state index < -0.39 is 11.4 Å². The molecular formula is C12H12N4O2S. The topological polar surface area (TPSA) is 93.6 Å². The first-order chi connectivity index (χ1) is 9.10. The van der Waals surface area contributed by atoms with Crippen molar-refractivity contribution in [1.82, 2.24) is 9.97 Å². The summed E-state index contributed by atoms with van der Waals surface area (Å²) in [4.78, 5) is 16.2. The molecule has 0 aliphatic carbocycles. The van der Waals surface area contributed by atoms with Gasteiger partial charge in [-0.25, -0.2) is 0 Å². The number of hydrogen-bond donors (Lipinski definition) is 3. The molecule has 0 fully saturated rings. The van der Waals surface area contributed by atoms with Crippen LogP contribution in [0, 0.1) is 4.77 Å². The van der Waals surface area contributed by atoms with Gasteiger partial charge in [0.1, 0.15) is 0 Å². The Labute approximate surface area is 113 Å². The van der Waals surface area contributed by atoms with Crippen LogP contribution in [0.5, 0.6) is 5.88 Å².